The molecule has 0 aromatic rings. The van der Waals surface area contributed by atoms with Gasteiger partial charge < -0.3 is 5.32 Å². The fourth-order valence-electron chi connectivity index (χ4n) is 3.12. The SMILES string of the molecule is CNC1CCC(C)(C)CC1N(CC(F)(F)F)C(C)C. The van der Waals surface area contributed by atoms with Crippen LogP contribution in [0.25, 0.3) is 0 Å². The number of hydrogen-bond acceptors (Lipinski definition) is 2. The second-order valence-electron chi connectivity index (χ2n) is 6.75. The lowest BCUT2D eigenvalue weighted by atomic mass is 9.72. The zero-order chi connectivity index (χ0) is 14.8. The smallest absolute Gasteiger partial charge is 0.315 e. The van der Waals surface area contributed by atoms with Crippen LogP contribution >= 0.6 is 0 Å². The van der Waals surface area contributed by atoms with E-state index in [0.717, 1.165) is 19.3 Å². The van der Waals surface area contributed by atoms with Crippen LogP contribution in [-0.4, -0.2) is 42.8 Å². The average molecular weight is 280 g/mol. The summed E-state index contributed by atoms with van der Waals surface area (Å²) in [5.41, 5.74) is 0.122. The Bertz CT molecular complexity index is 287. The topological polar surface area (TPSA) is 15.3 Å². The second-order valence-corrected chi connectivity index (χ2v) is 6.75. The van der Waals surface area contributed by atoms with Gasteiger partial charge in [-0.25, -0.2) is 0 Å². The Balaban J connectivity index is 2.90. The largest absolute Gasteiger partial charge is 0.401 e. The van der Waals surface area contributed by atoms with Gasteiger partial charge in [-0.3, -0.25) is 4.90 Å². The van der Waals surface area contributed by atoms with Crippen LogP contribution in [0.3, 0.4) is 0 Å². The third-order valence-corrected chi connectivity index (χ3v) is 4.18. The Morgan fingerprint density at radius 2 is 1.89 bits per heavy atom. The number of likely N-dealkylation sites (N-methyl/N-ethyl adjacent to an activating group) is 1. The maximum Gasteiger partial charge on any atom is 0.401 e. The first-order chi connectivity index (χ1) is 8.56. The van der Waals surface area contributed by atoms with E-state index in [1.165, 1.54) is 0 Å². The van der Waals surface area contributed by atoms with Crippen molar-refractivity contribution in [3.8, 4) is 0 Å². The molecular weight excluding hydrogens is 253 g/mol. The molecule has 1 rings (SSSR count). The monoisotopic (exact) mass is 280 g/mol. The standard InChI is InChI=1S/C14H27F3N2/c1-10(2)19(9-14(15,16)17)12-8-13(3,4)7-6-11(12)18-5/h10-12,18H,6-9H2,1-5H3. The van der Waals surface area contributed by atoms with Gasteiger partial charge in [0.05, 0.1) is 6.54 Å². The zero-order valence-corrected chi connectivity index (χ0v) is 12.6. The summed E-state index contributed by atoms with van der Waals surface area (Å²) in [6.45, 7) is 7.18. The summed E-state index contributed by atoms with van der Waals surface area (Å²) in [5, 5.41) is 3.20. The molecule has 19 heavy (non-hydrogen) atoms. The maximum absolute atomic E-state index is 12.8. The van der Waals surface area contributed by atoms with E-state index in [2.05, 4.69) is 19.2 Å². The number of hydrogen-bond donors (Lipinski definition) is 1. The summed E-state index contributed by atoms with van der Waals surface area (Å²) in [5.74, 6) is 0. The van der Waals surface area contributed by atoms with Crippen LogP contribution < -0.4 is 5.32 Å². The number of halogens is 3. The van der Waals surface area contributed by atoms with Crippen molar-refractivity contribution < 1.29 is 13.2 Å². The first kappa shape index (κ1) is 16.8. The Hall–Kier alpha value is -0.290. The molecule has 1 fully saturated rings. The molecular formula is C14H27F3N2. The average Bonchev–Trinajstić information content (AvgIpc) is 2.23. The van der Waals surface area contributed by atoms with Gasteiger partial charge in [-0.05, 0) is 45.6 Å². The van der Waals surface area contributed by atoms with Crippen molar-refractivity contribution in [1.82, 2.24) is 10.2 Å². The van der Waals surface area contributed by atoms with E-state index in [9.17, 15) is 13.2 Å². The number of alkyl halides is 3. The van der Waals surface area contributed by atoms with Crippen LogP contribution in [0.4, 0.5) is 13.2 Å². The minimum Gasteiger partial charge on any atom is -0.315 e. The van der Waals surface area contributed by atoms with Gasteiger partial charge in [0.25, 0.3) is 0 Å². The summed E-state index contributed by atoms with van der Waals surface area (Å²) < 4.78 is 38.3. The van der Waals surface area contributed by atoms with Gasteiger partial charge in [0.1, 0.15) is 0 Å². The molecule has 2 unspecified atom stereocenters. The highest BCUT2D eigenvalue weighted by Crippen LogP contribution is 2.38. The highest BCUT2D eigenvalue weighted by atomic mass is 19.4. The molecule has 0 radical (unpaired) electrons. The number of nitrogens with one attached hydrogen (secondary N) is 1. The first-order valence-electron chi connectivity index (χ1n) is 7.05. The summed E-state index contributed by atoms with van der Waals surface area (Å²) in [7, 11) is 1.85. The fourth-order valence-corrected chi connectivity index (χ4v) is 3.12. The lowest BCUT2D eigenvalue weighted by Gasteiger charge is -2.47. The molecule has 0 spiro atoms. The minimum absolute atomic E-state index is 0.0459. The fraction of sp³-hybridized carbons (Fsp3) is 1.00. The van der Waals surface area contributed by atoms with E-state index in [4.69, 9.17) is 0 Å². The number of nitrogens with zero attached hydrogens (tertiary/aromatic N) is 1. The van der Waals surface area contributed by atoms with Crippen LogP contribution in [0.5, 0.6) is 0 Å². The Labute approximate surface area is 114 Å². The third kappa shape index (κ3) is 4.95. The normalized spacial score (nSPS) is 28.1. The van der Waals surface area contributed by atoms with Crippen molar-refractivity contribution in [1.29, 1.82) is 0 Å². The molecule has 0 aromatic heterocycles. The molecule has 2 atom stereocenters. The second kappa shape index (κ2) is 6.00. The molecule has 1 aliphatic carbocycles. The Morgan fingerprint density at radius 3 is 2.32 bits per heavy atom. The van der Waals surface area contributed by atoms with Gasteiger partial charge in [-0.15, -0.1) is 0 Å². The summed E-state index contributed by atoms with van der Waals surface area (Å²) in [6.07, 6.45) is -1.32. The lowest BCUT2D eigenvalue weighted by molar-refractivity contribution is -0.160. The van der Waals surface area contributed by atoms with Gasteiger partial charge in [0, 0.05) is 18.1 Å². The van der Waals surface area contributed by atoms with Crippen LogP contribution in [0, 0.1) is 5.41 Å². The molecule has 1 N–H and O–H groups in total. The zero-order valence-electron chi connectivity index (χ0n) is 12.6. The predicted molar refractivity (Wildman–Crippen MR) is 72.2 cm³/mol. The van der Waals surface area contributed by atoms with Crippen LogP contribution in [0.2, 0.25) is 0 Å². The summed E-state index contributed by atoms with van der Waals surface area (Å²) >= 11 is 0. The van der Waals surface area contributed by atoms with E-state index in [1.54, 1.807) is 4.90 Å². The van der Waals surface area contributed by atoms with E-state index in [1.807, 2.05) is 20.9 Å². The van der Waals surface area contributed by atoms with Gasteiger partial charge in [0.2, 0.25) is 0 Å². The maximum atomic E-state index is 12.8. The van der Waals surface area contributed by atoms with E-state index < -0.39 is 12.7 Å². The van der Waals surface area contributed by atoms with Crippen molar-refractivity contribution in [2.75, 3.05) is 13.6 Å². The van der Waals surface area contributed by atoms with Crippen LogP contribution in [-0.2, 0) is 0 Å². The molecule has 1 saturated carbocycles. The minimum atomic E-state index is -4.13. The van der Waals surface area contributed by atoms with E-state index in [0.29, 0.717) is 0 Å². The summed E-state index contributed by atoms with van der Waals surface area (Å²) in [4.78, 5) is 1.61. The van der Waals surface area contributed by atoms with Gasteiger partial charge in [0.15, 0.2) is 0 Å². The van der Waals surface area contributed by atoms with Crippen molar-refractivity contribution in [2.45, 2.75) is 71.3 Å². The van der Waals surface area contributed by atoms with Gasteiger partial charge >= 0.3 is 6.18 Å². The predicted octanol–water partition coefficient (Wildman–Crippen LogP) is 3.43. The lowest BCUT2D eigenvalue weighted by Crippen LogP contribution is -2.57. The van der Waals surface area contributed by atoms with Crippen LogP contribution in [0.15, 0.2) is 0 Å². The molecule has 0 aromatic carbocycles. The molecule has 0 bridgehead atoms. The molecule has 114 valence electrons. The molecule has 0 saturated heterocycles. The van der Waals surface area contributed by atoms with Gasteiger partial charge in [-0.1, -0.05) is 13.8 Å². The number of rotatable bonds is 4. The molecule has 0 aliphatic heterocycles. The molecule has 2 nitrogen and oxygen atoms in total. The Kier molecular flexibility index (Phi) is 5.29. The van der Waals surface area contributed by atoms with Gasteiger partial charge in [-0.2, -0.15) is 13.2 Å². The van der Waals surface area contributed by atoms with Crippen LogP contribution in [0.1, 0.15) is 47.0 Å². The Morgan fingerprint density at radius 1 is 1.32 bits per heavy atom. The van der Waals surface area contributed by atoms with Crippen molar-refractivity contribution in [3.63, 3.8) is 0 Å². The third-order valence-electron chi connectivity index (χ3n) is 4.18. The highest BCUT2D eigenvalue weighted by molar-refractivity contribution is 4.95. The van der Waals surface area contributed by atoms with E-state index >= 15 is 0 Å². The molecule has 5 heteroatoms. The molecule has 0 amide bonds. The van der Waals surface area contributed by atoms with Crippen molar-refractivity contribution in [2.24, 2.45) is 5.41 Å². The highest BCUT2D eigenvalue weighted by Gasteiger charge is 2.42. The first-order valence-corrected chi connectivity index (χ1v) is 7.05. The van der Waals surface area contributed by atoms with Crippen molar-refractivity contribution >= 4 is 0 Å². The quantitative estimate of drug-likeness (QED) is 0.849. The summed E-state index contributed by atoms with van der Waals surface area (Å²) in [6, 6.07) is 0.00419. The molecule has 1 aliphatic rings. The van der Waals surface area contributed by atoms with E-state index in [-0.39, 0.29) is 23.5 Å². The van der Waals surface area contributed by atoms with Crippen molar-refractivity contribution in [3.05, 3.63) is 0 Å². The molecule has 0 heterocycles.